The number of H-pyrrole nitrogens is 1. The van der Waals surface area contributed by atoms with Crippen molar-refractivity contribution < 1.29 is 35.9 Å². The molecule has 0 spiro atoms. The predicted molar refractivity (Wildman–Crippen MR) is 132 cm³/mol. The number of Topliss-reactive ketones (excluding diaryl/α,β-unsaturated/α-hetero) is 1. The number of aromatic nitrogens is 3. The number of halogens is 6. The number of carbonyl (C=O) groups is 1. The van der Waals surface area contributed by atoms with E-state index in [1.54, 1.807) is 18.2 Å². The second-order valence-electron chi connectivity index (χ2n) is 10.2. The van der Waals surface area contributed by atoms with Crippen molar-refractivity contribution in [3.8, 4) is 0 Å². The maximum absolute atomic E-state index is 13.4. The van der Waals surface area contributed by atoms with Gasteiger partial charge in [-0.25, -0.2) is 9.89 Å². The highest BCUT2D eigenvalue weighted by Gasteiger charge is 2.47. The average molecular weight is 571 g/mol. The average Bonchev–Trinajstić information content (AvgIpc) is 3.31. The van der Waals surface area contributed by atoms with Crippen LogP contribution in [0.3, 0.4) is 0 Å². The van der Waals surface area contributed by atoms with E-state index in [2.05, 4.69) is 15.5 Å². The molecule has 3 aromatic rings. The van der Waals surface area contributed by atoms with Crippen LogP contribution < -0.4 is 11.0 Å². The van der Waals surface area contributed by atoms with Crippen molar-refractivity contribution in [1.82, 2.24) is 20.1 Å². The lowest BCUT2D eigenvalue weighted by atomic mass is 9.70. The maximum Gasteiger partial charge on any atom is 0.416 e. The number of hydrogen-bond acceptors (Lipinski definition) is 5. The van der Waals surface area contributed by atoms with Crippen molar-refractivity contribution in [2.75, 3.05) is 13.2 Å². The van der Waals surface area contributed by atoms with E-state index in [4.69, 9.17) is 4.74 Å². The Morgan fingerprint density at radius 2 is 1.68 bits per heavy atom. The van der Waals surface area contributed by atoms with Crippen molar-refractivity contribution in [2.24, 2.45) is 5.41 Å². The molecule has 2 N–H and O–H groups in total. The minimum Gasteiger partial charge on any atom is -0.372 e. The molecule has 0 saturated carbocycles. The van der Waals surface area contributed by atoms with Gasteiger partial charge in [-0.2, -0.15) is 31.4 Å². The Kier molecular flexibility index (Phi) is 8.01. The molecule has 0 unspecified atom stereocenters. The summed E-state index contributed by atoms with van der Waals surface area (Å²) in [7, 11) is 0. The fraction of sp³-hybridized carbons (Fsp3) is 0.444. The largest absolute Gasteiger partial charge is 0.416 e. The zero-order valence-electron chi connectivity index (χ0n) is 21.7. The fourth-order valence-electron chi connectivity index (χ4n) is 5.01. The molecule has 216 valence electrons. The molecule has 1 aliphatic heterocycles. The van der Waals surface area contributed by atoms with Crippen molar-refractivity contribution in [3.63, 3.8) is 0 Å². The molecular formula is C27H28F6N4O3. The van der Waals surface area contributed by atoms with Gasteiger partial charge in [0.1, 0.15) is 12.1 Å². The van der Waals surface area contributed by atoms with E-state index in [1.165, 1.54) is 24.7 Å². The van der Waals surface area contributed by atoms with Crippen molar-refractivity contribution in [1.29, 1.82) is 0 Å². The molecule has 40 heavy (non-hydrogen) atoms. The summed E-state index contributed by atoms with van der Waals surface area (Å²) in [6.45, 7) is 2.95. The first-order valence-electron chi connectivity index (χ1n) is 12.5. The van der Waals surface area contributed by atoms with Crippen LogP contribution in [0.2, 0.25) is 0 Å². The van der Waals surface area contributed by atoms with E-state index in [9.17, 15) is 35.9 Å². The highest BCUT2D eigenvalue weighted by atomic mass is 19.4. The van der Waals surface area contributed by atoms with Gasteiger partial charge >= 0.3 is 18.0 Å². The molecule has 1 aromatic heterocycles. The summed E-state index contributed by atoms with van der Waals surface area (Å²) in [4.78, 5) is 24.8. The smallest absolute Gasteiger partial charge is 0.372 e. The third-order valence-corrected chi connectivity index (χ3v) is 7.62. The summed E-state index contributed by atoms with van der Waals surface area (Å²) >= 11 is 0. The van der Waals surface area contributed by atoms with Crippen molar-refractivity contribution >= 4 is 5.78 Å². The summed E-state index contributed by atoms with van der Waals surface area (Å²) in [5.41, 5.74) is -4.62. The normalized spacial score (nSPS) is 22.7. The molecule has 3 atom stereocenters. The quantitative estimate of drug-likeness (QED) is 0.362. The Bertz CT molecular complexity index is 1360. The molecule has 0 radical (unpaired) electrons. The van der Waals surface area contributed by atoms with Gasteiger partial charge < -0.3 is 10.1 Å². The predicted octanol–water partition coefficient (Wildman–Crippen LogP) is 5.24. The number of piperidine rings is 1. The second-order valence-corrected chi connectivity index (χ2v) is 10.2. The lowest BCUT2D eigenvalue weighted by molar-refractivity contribution is -0.143. The van der Waals surface area contributed by atoms with Gasteiger partial charge in [0, 0.05) is 13.1 Å². The van der Waals surface area contributed by atoms with Crippen molar-refractivity contribution in [2.45, 2.75) is 57.2 Å². The zero-order chi connectivity index (χ0) is 29.3. The number of benzene rings is 2. The van der Waals surface area contributed by atoms with Gasteiger partial charge in [-0.1, -0.05) is 30.3 Å². The van der Waals surface area contributed by atoms with E-state index in [-0.39, 0.29) is 37.1 Å². The Balaban J connectivity index is 1.61. The van der Waals surface area contributed by atoms with Crippen LogP contribution in [0.4, 0.5) is 26.3 Å². The van der Waals surface area contributed by atoms with Gasteiger partial charge in [0.05, 0.1) is 34.8 Å². The van der Waals surface area contributed by atoms with E-state index in [0.29, 0.717) is 25.0 Å². The zero-order valence-corrected chi connectivity index (χ0v) is 21.7. The van der Waals surface area contributed by atoms with Gasteiger partial charge in [0.15, 0.2) is 0 Å². The number of hydrogen-bond donors (Lipinski definition) is 2. The number of carbonyl (C=O) groups excluding carboxylic acids is 1. The Morgan fingerprint density at radius 1 is 1.05 bits per heavy atom. The van der Waals surface area contributed by atoms with Gasteiger partial charge in [-0.05, 0) is 56.0 Å². The number of alkyl halides is 6. The first kappa shape index (κ1) is 29.5. The minimum atomic E-state index is -4.97. The van der Waals surface area contributed by atoms with Crippen LogP contribution in [0.15, 0.2) is 59.7 Å². The number of nitrogens with zero attached hydrogens (tertiary/aromatic N) is 2. The summed E-state index contributed by atoms with van der Waals surface area (Å²) < 4.78 is 87.6. The Morgan fingerprint density at radius 3 is 2.15 bits per heavy atom. The third kappa shape index (κ3) is 6.15. The third-order valence-electron chi connectivity index (χ3n) is 7.62. The molecule has 1 aliphatic rings. The van der Waals surface area contributed by atoms with Crippen LogP contribution >= 0.6 is 0 Å². The molecule has 0 bridgehead atoms. The molecule has 1 fully saturated rings. The molecule has 4 rings (SSSR count). The van der Waals surface area contributed by atoms with Crippen molar-refractivity contribution in [3.05, 3.63) is 87.6 Å². The van der Waals surface area contributed by atoms with Gasteiger partial charge in [-0.15, -0.1) is 0 Å². The Labute approximate surface area is 225 Å². The number of ketones is 1. The molecular weight excluding hydrogens is 542 g/mol. The van der Waals surface area contributed by atoms with Gasteiger partial charge in [0.25, 0.3) is 0 Å². The fourth-order valence-corrected chi connectivity index (χ4v) is 5.01. The monoisotopic (exact) mass is 570 g/mol. The van der Waals surface area contributed by atoms with E-state index in [0.717, 1.165) is 5.56 Å². The first-order chi connectivity index (χ1) is 18.7. The summed E-state index contributed by atoms with van der Waals surface area (Å²) in [6, 6.07) is 10.4. The highest BCUT2D eigenvalue weighted by molar-refractivity contribution is 5.82. The van der Waals surface area contributed by atoms with Crippen LogP contribution in [-0.4, -0.2) is 33.7 Å². The van der Waals surface area contributed by atoms with Crippen LogP contribution in [0, 0.1) is 5.41 Å². The molecule has 1 saturated heterocycles. The van der Waals surface area contributed by atoms with Crippen LogP contribution in [0.1, 0.15) is 55.0 Å². The SMILES string of the molecule is CC(=O)[C@]1(Cn2cn[nH]c2=O)CC[C@@](CO[C@H](C)c2cc(C(F)(F)F)cc(C(F)(F)F)c2)(c2ccccc2)NC1. The molecule has 2 aromatic carbocycles. The number of rotatable bonds is 8. The Hall–Kier alpha value is -3.45. The number of ether oxygens (including phenoxy) is 1. The number of aromatic amines is 1. The molecule has 0 amide bonds. The van der Waals surface area contributed by atoms with E-state index in [1.807, 2.05) is 12.1 Å². The van der Waals surface area contributed by atoms with E-state index >= 15 is 0 Å². The van der Waals surface area contributed by atoms with Gasteiger partial charge in [0.2, 0.25) is 0 Å². The topological polar surface area (TPSA) is 89.0 Å². The summed E-state index contributed by atoms with van der Waals surface area (Å²) in [6.07, 6.45) is -9.08. The second kappa shape index (κ2) is 10.8. The summed E-state index contributed by atoms with van der Waals surface area (Å²) in [5, 5.41) is 9.38. The number of nitrogens with one attached hydrogen (secondary N) is 2. The van der Waals surface area contributed by atoms with E-state index < -0.39 is 46.2 Å². The summed E-state index contributed by atoms with van der Waals surface area (Å²) in [5.74, 6) is -0.146. The lowest BCUT2D eigenvalue weighted by Crippen LogP contribution is -2.58. The molecule has 2 heterocycles. The van der Waals surface area contributed by atoms with Crippen LogP contribution in [0.5, 0.6) is 0 Å². The molecule has 13 heteroatoms. The van der Waals surface area contributed by atoms with Crippen LogP contribution in [0.25, 0.3) is 0 Å². The lowest BCUT2D eigenvalue weighted by Gasteiger charge is -2.47. The standard InChI is InChI=1S/C27H28F6N4O3/c1-17(19-10-21(26(28,29)30)12-22(11-19)27(31,32)33)40-15-25(20-6-4-3-5-7-20)9-8-24(13-34-25,18(2)38)14-37-16-35-36-23(37)39/h3-7,10-12,16-17,34H,8-9,13-15H2,1-2H3,(H,36,39)/t17-,24-,25-/m1/s1. The molecule has 7 nitrogen and oxygen atoms in total. The van der Waals surface area contributed by atoms with Crippen LogP contribution in [-0.2, 0) is 34.0 Å². The van der Waals surface area contributed by atoms with Gasteiger partial charge in [-0.3, -0.25) is 9.36 Å². The minimum absolute atomic E-state index is 0.0804. The maximum atomic E-state index is 13.4. The highest BCUT2D eigenvalue weighted by Crippen LogP contribution is 2.42. The first-order valence-corrected chi connectivity index (χ1v) is 12.5. The molecule has 0 aliphatic carbocycles.